The van der Waals surface area contributed by atoms with Crippen molar-refractivity contribution in [3.05, 3.63) is 59.9 Å². The Bertz CT molecular complexity index is 973. The zero-order chi connectivity index (χ0) is 18.4. The summed E-state index contributed by atoms with van der Waals surface area (Å²) >= 11 is 0. The van der Waals surface area contributed by atoms with Gasteiger partial charge in [0.25, 0.3) is 0 Å². The number of fused-ring (bicyclic) bond motifs is 2. The van der Waals surface area contributed by atoms with E-state index in [1.54, 1.807) is 4.68 Å². The van der Waals surface area contributed by atoms with E-state index in [-0.39, 0.29) is 5.60 Å². The number of ether oxygens (including phenoxy) is 1. The second-order valence-electron chi connectivity index (χ2n) is 8.01. The lowest BCUT2D eigenvalue weighted by Gasteiger charge is -2.44. The molecule has 2 aliphatic heterocycles. The van der Waals surface area contributed by atoms with Crippen molar-refractivity contribution >= 4 is 10.8 Å². The Morgan fingerprint density at radius 1 is 1.15 bits per heavy atom. The molecule has 1 N–H and O–H groups in total. The van der Waals surface area contributed by atoms with Crippen LogP contribution in [0.3, 0.4) is 0 Å². The monoisotopic (exact) mass is 363 g/mol. The molecule has 0 bridgehead atoms. The summed E-state index contributed by atoms with van der Waals surface area (Å²) in [6.07, 6.45) is 3.86. The van der Waals surface area contributed by atoms with Gasteiger partial charge in [0, 0.05) is 33.1 Å². The van der Waals surface area contributed by atoms with Crippen LogP contribution in [0.25, 0.3) is 10.8 Å². The first-order valence-electron chi connectivity index (χ1n) is 9.71. The van der Waals surface area contributed by atoms with Gasteiger partial charge in [-0.3, -0.25) is 9.58 Å². The lowest BCUT2D eigenvalue weighted by atomic mass is 9.83. The predicted molar refractivity (Wildman–Crippen MR) is 105 cm³/mol. The van der Waals surface area contributed by atoms with Crippen molar-refractivity contribution in [2.24, 2.45) is 7.05 Å². The number of aliphatic hydroxyl groups excluding tert-OH is 1. The summed E-state index contributed by atoms with van der Waals surface area (Å²) in [5, 5.41) is 17.4. The number of rotatable bonds is 2. The van der Waals surface area contributed by atoms with Gasteiger partial charge in [-0.2, -0.15) is 5.10 Å². The summed E-state index contributed by atoms with van der Waals surface area (Å²) in [6, 6.07) is 15.2. The van der Waals surface area contributed by atoms with Crippen molar-refractivity contribution < 1.29 is 9.84 Å². The average Bonchev–Trinajstić information content (AvgIpc) is 3.04. The zero-order valence-electron chi connectivity index (χ0n) is 15.6. The third-order valence-electron chi connectivity index (χ3n) is 6.02. The molecule has 140 valence electrons. The number of nitrogens with zero attached hydrogens (tertiary/aromatic N) is 3. The fourth-order valence-corrected chi connectivity index (χ4v) is 4.54. The van der Waals surface area contributed by atoms with Crippen LogP contribution in [0.15, 0.2) is 48.7 Å². The lowest BCUT2D eigenvalue weighted by molar-refractivity contribution is -0.0559. The molecule has 1 saturated heterocycles. The number of benzene rings is 2. The molecular formula is C22H25N3O2. The normalized spacial score (nSPS) is 21.9. The summed E-state index contributed by atoms with van der Waals surface area (Å²) < 4.78 is 8.06. The van der Waals surface area contributed by atoms with Crippen molar-refractivity contribution in [3.8, 4) is 5.75 Å². The van der Waals surface area contributed by atoms with Crippen LogP contribution in [-0.2, 0) is 13.6 Å². The van der Waals surface area contributed by atoms with Gasteiger partial charge in [-0.1, -0.05) is 36.4 Å². The summed E-state index contributed by atoms with van der Waals surface area (Å²) in [4.78, 5) is 2.49. The van der Waals surface area contributed by atoms with Gasteiger partial charge in [-0.05, 0) is 35.2 Å². The van der Waals surface area contributed by atoms with Crippen molar-refractivity contribution in [2.45, 2.75) is 37.5 Å². The van der Waals surface area contributed by atoms with Crippen LogP contribution in [0.5, 0.6) is 5.75 Å². The molecule has 5 rings (SSSR count). The van der Waals surface area contributed by atoms with Gasteiger partial charge in [0.15, 0.2) is 5.75 Å². The van der Waals surface area contributed by atoms with Crippen LogP contribution in [-0.4, -0.2) is 38.5 Å². The summed E-state index contributed by atoms with van der Waals surface area (Å²) in [5.74, 6) is 0.749. The van der Waals surface area contributed by atoms with Gasteiger partial charge in [0.1, 0.15) is 17.4 Å². The molecule has 2 aliphatic rings. The topological polar surface area (TPSA) is 50.5 Å². The Hall–Kier alpha value is -2.37. The molecule has 1 aromatic heterocycles. The Kier molecular flexibility index (Phi) is 3.95. The quantitative estimate of drug-likeness (QED) is 0.758. The fourth-order valence-electron chi connectivity index (χ4n) is 4.54. The molecule has 0 aliphatic carbocycles. The van der Waals surface area contributed by atoms with Crippen LogP contribution in [0, 0.1) is 0 Å². The number of aryl methyl sites for hydroxylation is 1. The smallest absolute Gasteiger partial charge is 0.163 e. The van der Waals surface area contributed by atoms with Crippen LogP contribution in [0.1, 0.15) is 36.6 Å². The van der Waals surface area contributed by atoms with Crippen LogP contribution >= 0.6 is 0 Å². The van der Waals surface area contributed by atoms with Gasteiger partial charge in [-0.25, -0.2) is 0 Å². The minimum Gasteiger partial charge on any atom is -0.483 e. The number of piperidine rings is 1. The highest BCUT2D eigenvalue weighted by Gasteiger charge is 2.44. The Morgan fingerprint density at radius 3 is 2.74 bits per heavy atom. The maximum atomic E-state index is 10.5. The Labute approximate surface area is 159 Å². The molecule has 1 spiro atoms. The molecule has 5 heteroatoms. The second-order valence-corrected chi connectivity index (χ2v) is 8.01. The predicted octanol–water partition coefficient (Wildman–Crippen LogP) is 3.42. The van der Waals surface area contributed by atoms with E-state index in [0.717, 1.165) is 38.2 Å². The van der Waals surface area contributed by atoms with Crippen LogP contribution in [0.2, 0.25) is 0 Å². The highest BCUT2D eigenvalue weighted by molar-refractivity contribution is 5.82. The number of aliphatic hydroxyl groups is 1. The van der Waals surface area contributed by atoms with Gasteiger partial charge in [0.2, 0.25) is 0 Å². The van der Waals surface area contributed by atoms with Crippen molar-refractivity contribution in [3.63, 3.8) is 0 Å². The average molecular weight is 363 g/mol. The minimum absolute atomic E-state index is 0.255. The van der Waals surface area contributed by atoms with Gasteiger partial charge in [0.05, 0.1) is 6.20 Å². The highest BCUT2D eigenvalue weighted by atomic mass is 16.5. The van der Waals surface area contributed by atoms with Crippen molar-refractivity contribution in [1.82, 2.24) is 14.7 Å². The maximum Gasteiger partial charge on any atom is 0.163 e. The molecule has 1 unspecified atom stereocenters. The minimum atomic E-state index is -0.526. The summed E-state index contributed by atoms with van der Waals surface area (Å²) in [5.41, 5.74) is 1.78. The first kappa shape index (κ1) is 16.8. The van der Waals surface area contributed by atoms with E-state index in [1.165, 1.54) is 16.3 Å². The number of hydrogen-bond acceptors (Lipinski definition) is 4. The molecule has 2 aromatic carbocycles. The van der Waals surface area contributed by atoms with E-state index in [0.29, 0.717) is 12.1 Å². The van der Waals surface area contributed by atoms with E-state index in [2.05, 4.69) is 52.5 Å². The van der Waals surface area contributed by atoms with Crippen molar-refractivity contribution in [2.75, 3.05) is 13.1 Å². The van der Waals surface area contributed by atoms with Gasteiger partial charge in [-0.15, -0.1) is 0 Å². The van der Waals surface area contributed by atoms with E-state index in [9.17, 15) is 5.11 Å². The fraction of sp³-hybridized carbons (Fsp3) is 0.409. The number of likely N-dealkylation sites (tertiary alicyclic amines) is 1. The van der Waals surface area contributed by atoms with Gasteiger partial charge < -0.3 is 9.84 Å². The van der Waals surface area contributed by atoms with E-state index in [1.807, 2.05) is 13.2 Å². The van der Waals surface area contributed by atoms with Crippen LogP contribution in [0.4, 0.5) is 0 Å². The molecule has 1 fully saturated rings. The Morgan fingerprint density at radius 2 is 1.93 bits per heavy atom. The first-order valence-corrected chi connectivity index (χ1v) is 9.71. The molecule has 27 heavy (non-hydrogen) atoms. The van der Waals surface area contributed by atoms with E-state index >= 15 is 0 Å². The van der Waals surface area contributed by atoms with Crippen LogP contribution < -0.4 is 4.74 Å². The summed E-state index contributed by atoms with van der Waals surface area (Å²) in [7, 11) is 1.87. The van der Waals surface area contributed by atoms with Crippen molar-refractivity contribution in [1.29, 1.82) is 0 Å². The molecular weight excluding hydrogens is 338 g/mol. The second kappa shape index (κ2) is 6.36. The SMILES string of the molecule is Cn1cc2c(n1)C(O)CC1(CCN(Cc3ccc4ccccc4c3)CC1)O2. The molecule has 0 saturated carbocycles. The lowest BCUT2D eigenvalue weighted by Crippen LogP contribution is -2.50. The zero-order valence-corrected chi connectivity index (χ0v) is 15.6. The maximum absolute atomic E-state index is 10.5. The molecule has 3 heterocycles. The van der Waals surface area contributed by atoms with E-state index in [4.69, 9.17) is 4.74 Å². The number of aromatic nitrogens is 2. The Balaban J connectivity index is 1.27. The molecule has 1 atom stereocenters. The highest BCUT2D eigenvalue weighted by Crippen LogP contribution is 2.43. The molecule has 5 nitrogen and oxygen atoms in total. The van der Waals surface area contributed by atoms with Gasteiger partial charge >= 0.3 is 0 Å². The molecule has 0 amide bonds. The third kappa shape index (κ3) is 3.11. The third-order valence-corrected chi connectivity index (χ3v) is 6.02. The first-order chi connectivity index (χ1) is 13.1. The molecule has 3 aromatic rings. The largest absolute Gasteiger partial charge is 0.483 e. The standard InChI is InChI=1S/C22H25N3O2/c1-24-15-20-21(23-24)19(26)13-22(27-20)8-10-25(11-9-22)14-16-6-7-17-4-2-3-5-18(17)12-16/h2-7,12,15,19,26H,8-11,13-14H2,1H3. The van der Waals surface area contributed by atoms with E-state index < -0.39 is 6.10 Å². The number of hydrogen-bond donors (Lipinski definition) is 1. The molecule has 0 radical (unpaired) electrons. The summed E-state index contributed by atoms with van der Waals surface area (Å²) in [6.45, 7) is 2.92.